The molecule has 0 unspecified atom stereocenters. The summed E-state index contributed by atoms with van der Waals surface area (Å²) in [6.45, 7) is 0.426. The molecule has 110 valence electrons. The number of carbonyl (C=O) groups is 1. The summed E-state index contributed by atoms with van der Waals surface area (Å²) in [6.07, 6.45) is 5.13. The van der Waals surface area contributed by atoms with E-state index in [2.05, 4.69) is 5.32 Å². The van der Waals surface area contributed by atoms with Gasteiger partial charge in [0.05, 0.1) is 18.2 Å². The van der Waals surface area contributed by atoms with Crippen LogP contribution in [0.25, 0.3) is 0 Å². The van der Waals surface area contributed by atoms with Crippen molar-refractivity contribution in [1.82, 2.24) is 5.32 Å². The first kappa shape index (κ1) is 14.7. The summed E-state index contributed by atoms with van der Waals surface area (Å²) in [5.74, 6) is 0.160. The highest BCUT2D eigenvalue weighted by molar-refractivity contribution is 5.97. The van der Waals surface area contributed by atoms with E-state index in [-0.39, 0.29) is 22.8 Å². The van der Waals surface area contributed by atoms with Gasteiger partial charge in [-0.25, -0.2) is 0 Å². The van der Waals surface area contributed by atoms with Gasteiger partial charge in [0.2, 0.25) is 0 Å². The molecule has 5 nitrogen and oxygen atoms in total. The fraction of sp³-hybridized carbons (Fsp3) is 0.533. The lowest BCUT2D eigenvalue weighted by Crippen LogP contribution is -2.54. The Hall–Kier alpha value is -1.75. The number of nitrogens with two attached hydrogens (primary N) is 1. The van der Waals surface area contributed by atoms with Crippen molar-refractivity contribution < 1.29 is 14.6 Å². The molecule has 1 fully saturated rings. The molecule has 0 spiro atoms. The molecule has 2 rings (SSSR count). The average Bonchev–Trinajstić information content (AvgIpc) is 2.47. The summed E-state index contributed by atoms with van der Waals surface area (Å²) >= 11 is 0. The second-order valence-electron chi connectivity index (χ2n) is 5.38. The van der Waals surface area contributed by atoms with Crippen molar-refractivity contribution in [2.24, 2.45) is 5.73 Å². The van der Waals surface area contributed by atoms with Gasteiger partial charge in [-0.3, -0.25) is 4.79 Å². The molecule has 0 atom stereocenters. The fourth-order valence-electron chi connectivity index (χ4n) is 2.75. The smallest absolute Gasteiger partial charge is 0.255 e. The van der Waals surface area contributed by atoms with Crippen LogP contribution in [0.4, 0.5) is 0 Å². The molecule has 1 aromatic rings. The first-order chi connectivity index (χ1) is 9.60. The highest BCUT2D eigenvalue weighted by atomic mass is 16.5. The van der Waals surface area contributed by atoms with Crippen LogP contribution in [0.15, 0.2) is 18.2 Å². The Labute approximate surface area is 119 Å². The Morgan fingerprint density at radius 2 is 2.10 bits per heavy atom. The largest absolute Gasteiger partial charge is 0.507 e. The Balaban J connectivity index is 2.14. The van der Waals surface area contributed by atoms with E-state index in [1.807, 2.05) is 0 Å². The number of hydrogen-bond donors (Lipinski definition) is 3. The van der Waals surface area contributed by atoms with E-state index < -0.39 is 0 Å². The zero-order valence-electron chi connectivity index (χ0n) is 11.8. The minimum Gasteiger partial charge on any atom is -0.507 e. The quantitative estimate of drug-likeness (QED) is 0.784. The molecule has 20 heavy (non-hydrogen) atoms. The Morgan fingerprint density at radius 3 is 2.65 bits per heavy atom. The molecule has 0 saturated heterocycles. The van der Waals surface area contributed by atoms with Crippen LogP contribution < -0.4 is 15.8 Å². The first-order valence-electron chi connectivity index (χ1n) is 7.00. The first-order valence-corrected chi connectivity index (χ1v) is 7.00. The monoisotopic (exact) mass is 278 g/mol. The predicted molar refractivity (Wildman–Crippen MR) is 77.0 cm³/mol. The van der Waals surface area contributed by atoms with Gasteiger partial charge in [-0.1, -0.05) is 19.3 Å². The van der Waals surface area contributed by atoms with Gasteiger partial charge >= 0.3 is 0 Å². The number of hydrogen-bond acceptors (Lipinski definition) is 4. The van der Waals surface area contributed by atoms with Crippen LogP contribution in [-0.4, -0.2) is 30.2 Å². The fourth-order valence-corrected chi connectivity index (χ4v) is 2.75. The number of carbonyl (C=O) groups excluding carboxylic acids is 1. The molecule has 0 bridgehead atoms. The van der Waals surface area contributed by atoms with Crippen LogP contribution >= 0.6 is 0 Å². The van der Waals surface area contributed by atoms with Gasteiger partial charge in [0.25, 0.3) is 5.91 Å². The summed E-state index contributed by atoms with van der Waals surface area (Å²) in [7, 11) is 1.51. The molecule has 1 aliphatic rings. The van der Waals surface area contributed by atoms with Crippen molar-refractivity contribution in [2.45, 2.75) is 37.6 Å². The van der Waals surface area contributed by atoms with E-state index >= 15 is 0 Å². The van der Waals surface area contributed by atoms with Crippen LogP contribution in [0.1, 0.15) is 42.5 Å². The molecule has 1 saturated carbocycles. The van der Waals surface area contributed by atoms with E-state index in [1.54, 1.807) is 12.1 Å². The Bertz CT molecular complexity index is 482. The van der Waals surface area contributed by atoms with Gasteiger partial charge in [0, 0.05) is 12.6 Å². The van der Waals surface area contributed by atoms with Crippen molar-refractivity contribution in [2.75, 3.05) is 13.7 Å². The van der Waals surface area contributed by atoms with E-state index in [0.717, 1.165) is 25.7 Å². The third kappa shape index (κ3) is 3.04. The summed E-state index contributed by atoms with van der Waals surface area (Å²) in [5, 5.41) is 12.9. The van der Waals surface area contributed by atoms with Gasteiger partial charge in [-0.2, -0.15) is 0 Å². The number of methoxy groups -OCH3 is 1. The molecule has 1 aromatic carbocycles. The molecule has 0 heterocycles. The lowest BCUT2D eigenvalue weighted by Gasteiger charge is -2.37. The summed E-state index contributed by atoms with van der Waals surface area (Å²) in [5.41, 5.74) is 5.77. The minimum absolute atomic E-state index is 0.0789. The summed E-state index contributed by atoms with van der Waals surface area (Å²) < 4.78 is 5.01. The van der Waals surface area contributed by atoms with E-state index in [1.165, 1.54) is 19.6 Å². The standard InChI is InChI=1S/C15H22N2O3/c1-20-11-5-6-12(13(18)9-11)14(19)17-15(10-16)7-3-2-4-8-15/h5-6,9,18H,2-4,7-8,10,16H2,1H3,(H,17,19). The zero-order valence-corrected chi connectivity index (χ0v) is 11.8. The van der Waals surface area contributed by atoms with Crippen LogP contribution in [0.2, 0.25) is 0 Å². The summed E-state index contributed by atoms with van der Waals surface area (Å²) in [4.78, 5) is 12.3. The highest BCUT2D eigenvalue weighted by Crippen LogP contribution is 2.29. The van der Waals surface area contributed by atoms with Gasteiger partial charge in [-0.15, -0.1) is 0 Å². The van der Waals surface area contributed by atoms with Crippen molar-refractivity contribution in [3.05, 3.63) is 23.8 Å². The number of benzene rings is 1. The third-order valence-corrected chi connectivity index (χ3v) is 4.03. The van der Waals surface area contributed by atoms with E-state index in [0.29, 0.717) is 12.3 Å². The van der Waals surface area contributed by atoms with Crippen LogP contribution in [0, 0.1) is 0 Å². The van der Waals surface area contributed by atoms with Gasteiger partial charge in [0.15, 0.2) is 0 Å². The summed E-state index contributed by atoms with van der Waals surface area (Å²) in [6, 6.07) is 4.66. The lowest BCUT2D eigenvalue weighted by molar-refractivity contribution is 0.0872. The number of phenols is 1. The van der Waals surface area contributed by atoms with E-state index in [4.69, 9.17) is 10.5 Å². The topological polar surface area (TPSA) is 84.6 Å². The number of ether oxygens (including phenoxy) is 1. The molecule has 1 aliphatic carbocycles. The molecule has 4 N–H and O–H groups in total. The second-order valence-corrected chi connectivity index (χ2v) is 5.38. The van der Waals surface area contributed by atoms with Gasteiger partial charge in [-0.05, 0) is 25.0 Å². The second kappa shape index (κ2) is 6.13. The zero-order chi connectivity index (χ0) is 14.6. The predicted octanol–water partition coefficient (Wildman–Crippen LogP) is 1.79. The molecular formula is C15H22N2O3. The van der Waals surface area contributed by atoms with Crippen LogP contribution in [0.3, 0.4) is 0 Å². The van der Waals surface area contributed by atoms with Crippen LogP contribution in [-0.2, 0) is 0 Å². The maximum atomic E-state index is 12.3. The number of rotatable bonds is 4. The van der Waals surface area contributed by atoms with E-state index in [9.17, 15) is 9.90 Å². The Kier molecular flexibility index (Phi) is 4.49. The lowest BCUT2D eigenvalue weighted by atomic mass is 9.81. The number of nitrogens with one attached hydrogen (secondary N) is 1. The molecule has 0 radical (unpaired) electrons. The molecule has 0 aromatic heterocycles. The van der Waals surface area contributed by atoms with Gasteiger partial charge < -0.3 is 20.9 Å². The van der Waals surface area contributed by atoms with Crippen molar-refractivity contribution in [1.29, 1.82) is 0 Å². The maximum Gasteiger partial charge on any atom is 0.255 e. The molecule has 5 heteroatoms. The van der Waals surface area contributed by atoms with Gasteiger partial charge in [0.1, 0.15) is 11.5 Å². The normalized spacial score (nSPS) is 17.5. The Morgan fingerprint density at radius 1 is 1.40 bits per heavy atom. The minimum atomic E-state index is -0.332. The van der Waals surface area contributed by atoms with Crippen molar-refractivity contribution in [3.63, 3.8) is 0 Å². The molecular weight excluding hydrogens is 256 g/mol. The maximum absolute atomic E-state index is 12.3. The molecule has 0 aliphatic heterocycles. The molecule has 1 amide bonds. The van der Waals surface area contributed by atoms with Crippen molar-refractivity contribution >= 4 is 5.91 Å². The highest BCUT2D eigenvalue weighted by Gasteiger charge is 2.32. The SMILES string of the molecule is COc1ccc(C(=O)NC2(CN)CCCCC2)c(O)c1. The van der Waals surface area contributed by atoms with Crippen molar-refractivity contribution in [3.8, 4) is 11.5 Å². The number of amides is 1. The number of aromatic hydroxyl groups is 1. The third-order valence-electron chi connectivity index (χ3n) is 4.03. The average molecular weight is 278 g/mol. The number of phenolic OH excluding ortho intramolecular Hbond substituents is 1. The van der Waals surface area contributed by atoms with Crippen LogP contribution in [0.5, 0.6) is 11.5 Å².